The van der Waals surface area contributed by atoms with Crippen LogP contribution in [0, 0.1) is 5.92 Å². The molecule has 316 valence electrons. The molecule has 1 saturated heterocycles. The SMILES string of the molecule is COc1ccc(S(=O)(=O)NC(=O)[C@@]23CC2/C=C/CCCCC[C@@H](NC(=O)OC2CCCC2)C(=O)N2C[C@H](Oc4nc5ccccc5nc4-c4cccs4)C[C@H]2C(=O)N3)cc1. The zero-order valence-electron chi connectivity index (χ0n) is 33.2. The number of amides is 4. The molecule has 4 aromatic rings. The fourth-order valence-electron chi connectivity index (χ4n) is 8.32. The van der Waals surface area contributed by atoms with Crippen molar-refractivity contribution in [1.82, 2.24) is 30.2 Å². The smallest absolute Gasteiger partial charge is 0.408 e. The monoisotopic (exact) mass is 856 g/mol. The molecular formula is C43H48N6O9S2. The van der Waals surface area contributed by atoms with E-state index in [1.54, 1.807) is 0 Å². The van der Waals surface area contributed by atoms with E-state index in [1.165, 1.54) is 47.6 Å². The fraction of sp³-hybridized carbons (Fsp3) is 0.442. The maximum atomic E-state index is 14.7. The first-order chi connectivity index (χ1) is 29.0. The number of thiophene rings is 1. The molecule has 2 aromatic carbocycles. The summed E-state index contributed by atoms with van der Waals surface area (Å²) in [5, 5.41) is 7.63. The summed E-state index contributed by atoms with van der Waals surface area (Å²) in [6.45, 7) is -0.0421. The highest BCUT2D eigenvalue weighted by Gasteiger charge is 2.61. The number of sulfonamides is 1. The summed E-state index contributed by atoms with van der Waals surface area (Å²) in [5.41, 5.74) is 0.176. The fourth-order valence-corrected chi connectivity index (χ4v) is 10.1. The van der Waals surface area contributed by atoms with Crippen LogP contribution in [0.25, 0.3) is 21.6 Å². The summed E-state index contributed by atoms with van der Waals surface area (Å²) < 4.78 is 46.6. The Morgan fingerprint density at radius 2 is 1.67 bits per heavy atom. The van der Waals surface area contributed by atoms with Gasteiger partial charge in [-0.1, -0.05) is 43.2 Å². The van der Waals surface area contributed by atoms with Crippen molar-refractivity contribution < 1.29 is 41.8 Å². The van der Waals surface area contributed by atoms with Gasteiger partial charge in [0.1, 0.15) is 41.3 Å². The van der Waals surface area contributed by atoms with E-state index in [9.17, 15) is 27.6 Å². The van der Waals surface area contributed by atoms with E-state index in [4.69, 9.17) is 24.2 Å². The highest BCUT2D eigenvalue weighted by Crippen LogP contribution is 2.46. The summed E-state index contributed by atoms with van der Waals surface area (Å²) >= 11 is 1.47. The van der Waals surface area contributed by atoms with E-state index in [-0.39, 0.29) is 36.3 Å². The number of allylic oxidation sites excluding steroid dienone is 1. The van der Waals surface area contributed by atoms with Gasteiger partial charge >= 0.3 is 6.09 Å². The van der Waals surface area contributed by atoms with Crippen LogP contribution in [0.1, 0.15) is 70.6 Å². The molecular weight excluding hydrogens is 809 g/mol. The second-order valence-electron chi connectivity index (χ2n) is 15.8. The molecule has 0 spiro atoms. The van der Waals surface area contributed by atoms with Crippen LogP contribution in [0.3, 0.4) is 0 Å². The van der Waals surface area contributed by atoms with Crippen LogP contribution < -0.4 is 24.8 Å². The molecule has 17 heteroatoms. The third kappa shape index (κ3) is 8.96. The molecule has 4 aliphatic rings. The molecule has 0 bridgehead atoms. The van der Waals surface area contributed by atoms with Crippen molar-refractivity contribution in [1.29, 1.82) is 0 Å². The van der Waals surface area contributed by atoms with Gasteiger partial charge in [0.2, 0.25) is 17.7 Å². The zero-order valence-corrected chi connectivity index (χ0v) is 34.8. The summed E-state index contributed by atoms with van der Waals surface area (Å²) in [4.78, 5) is 68.5. The highest BCUT2D eigenvalue weighted by atomic mass is 32.2. The van der Waals surface area contributed by atoms with Crippen molar-refractivity contribution in [3.63, 3.8) is 0 Å². The standard InChI is InChI=1S/C43H48N6O9S2/c1-56-28-19-21-31(22-20-28)60(54,55)48-41(52)43-25-27(43)12-5-3-2-4-6-17-34(46-42(53)58-29-13-7-8-14-29)40(51)49-26-30(24-35(49)38(50)47-43)57-39-37(36-18-11-23-59-36)44-32-15-9-10-16-33(32)45-39/h5,9-12,15-16,18-23,27,29-30,34-35H,2-4,6-8,13-14,17,24-26H2,1H3,(H,46,53)(H,47,50)(H,48,52)/b12-5+/t27?,30-,34-,35+,43-/m1/s1. The van der Waals surface area contributed by atoms with Crippen molar-refractivity contribution in [2.75, 3.05) is 13.7 Å². The Kier molecular flexibility index (Phi) is 12.1. The Morgan fingerprint density at radius 3 is 2.40 bits per heavy atom. The lowest BCUT2D eigenvalue weighted by Gasteiger charge is -2.30. The molecule has 4 amide bonds. The zero-order chi connectivity index (χ0) is 41.9. The van der Waals surface area contributed by atoms with Crippen LogP contribution in [-0.4, -0.2) is 90.6 Å². The predicted octanol–water partition coefficient (Wildman–Crippen LogP) is 5.65. The highest BCUT2D eigenvalue weighted by molar-refractivity contribution is 7.90. The number of para-hydroxylation sites is 2. The third-order valence-electron chi connectivity index (χ3n) is 11.7. The average molecular weight is 857 g/mol. The van der Waals surface area contributed by atoms with E-state index in [0.29, 0.717) is 41.7 Å². The number of nitrogens with zero attached hydrogens (tertiary/aromatic N) is 3. The van der Waals surface area contributed by atoms with Crippen molar-refractivity contribution in [2.45, 2.75) is 105 Å². The van der Waals surface area contributed by atoms with E-state index in [1.807, 2.05) is 53.9 Å². The maximum absolute atomic E-state index is 14.7. The van der Waals surface area contributed by atoms with Crippen molar-refractivity contribution in [3.8, 4) is 22.2 Å². The average Bonchev–Trinajstić information content (AvgIpc) is 3.74. The number of carbonyl (C=O) groups is 4. The predicted molar refractivity (Wildman–Crippen MR) is 223 cm³/mol. The van der Waals surface area contributed by atoms with Gasteiger partial charge in [0.25, 0.3) is 15.9 Å². The number of ether oxygens (including phenoxy) is 3. The minimum Gasteiger partial charge on any atom is -0.497 e. The minimum atomic E-state index is -4.34. The normalized spacial score (nSPS) is 25.5. The number of nitrogens with one attached hydrogen (secondary N) is 3. The van der Waals surface area contributed by atoms with Crippen molar-refractivity contribution in [3.05, 3.63) is 78.2 Å². The third-order valence-corrected chi connectivity index (χ3v) is 13.9. The summed E-state index contributed by atoms with van der Waals surface area (Å²) in [7, 11) is -2.89. The topological polar surface area (TPSA) is 195 Å². The molecule has 2 aliphatic heterocycles. The number of rotatable bonds is 9. The van der Waals surface area contributed by atoms with Crippen LogP contribution >= 0.6 is 11.3 Å². The number of methoxy groups -OCH3 is 1. The van der Waals surface area contributed by atoms with Crippen LogP contribution in [0.15, 0.2) is 83.1 Å². The number of carbonyl (C=O) groups excluding carboxylic acids is 4. The first-order valence-electron chi connectivity index (χ1n) is 20.5. The quantitative estimate of drug-likeness (QED) is 0.176. The number of hydrogen-bond acceptors (Lipinski definition) is 12. The summed E-state index contributed by atoms with van der Waals surface area (Å²) in [6, 6.07) is 14.6. The molecule has 2 aliphatic carbocycles. The first kappa shape index (κ1) is 41.2. The van der Waals surface area contributed by atoms with E-state index in [0.717, 1.165) is 43.4 Å². The maximum Gasteiger partial charge on any atom is 0.408 e. The molecule has 5 atom stereocenters. The molecule has 4 heterocycles. The molecule has 8 rings (SSSR count). The van der Waals surface area contributed by atoms with Gasteiger partial charge in [-0.2, -0.15) is 0 Å². The van der Waals surface area contributed by atoms with E-state index >= 15 is 0 Å². The lowest BCUT2D eigenvalue weighted by atomic mass is 10.0. The van der Waals surface area contributed by atoms with Gasteiger partial charge in [0.05, 0.1) is 34.5 Å². The van der Waals surface area contributed by atoms with Gasteiger partial charge in [0, 0.05) is 12.3 Å². The van der Waals surface area contributed by atoms with Gasteiger partial charge in [-0.25, -0.2) is 27.9 Å². The van der Waals surface area contributed by atoms with E-state index < -0.39 is 63.5 Å². The Labute approximate surface area is 352 Å². The molecule has 60 heavy (non-hydrogen) atoms. The second-order valence-corrected chi connectivity index (χ2v) is 18.4. The number of aromatic nitrogens is 2. The molecule has 1 unspecified atom stereocenters. The number of benzene rings is 2. The van der Waals surface area contributed by atoms with Gasteiger partial charge in [0.15, 0.2) is 0 Å². The first-order valence-corrected chi connectivity index (χ1v) is 22.8. The number of hydrogen-bond donors (Lipinski definition) is 3. The number of fused-ring (bicyclic) bond motifs is 3. The molecule has 2 aromatic heterocycles. The Morgan fingerprint density at radius 1 is 0.917 bits per heavy atom. The second kappa shape index (κ2) is 17.6. The van der Waals surface area contributed by atoms with Gasteiger partial charge < -0.3 is 29.7 Å². The minimum absolute atomic E-state index is 0.0115. The number of alkyl carbamates (subject to hydrolysis) is 1. The van der Waals surface area contributed by atoms with Crippen molar-refractivity contribution >= 4 is 56.2 Å². The van der Waals surface area contributed by atoms with Gasteiger partial charge in [-0.3, -0.25) is 14.4 Å². The Balaban J connectivity index is 1.10. The molecule has 15 nitrogen and oxygen atoms in total. The molecule has 3 N–H and O–H groups in total. The van der Waals surface area contributed by atoms with Gasteiger partial charge in [-0.15, -0.1) is 11.3 Å². The van der Waals surface area contributed by atoms with E-state index in [2.05, 4.69) is 15.4 Å². The largest absolute Gasteiger partial charge is 0.497 e. The Bertz CT molecular complexity index is 2370. The lowest BCUT2D eigenvalue weighted by molar-refractivity contribution is -0.141. The summed E-state index contributed by atoms with van der Waals surface area (Å²) in [5.74, 6) is -1.87. The van der Waals surface area contributed by atoms with Gasteiger partial charge in [-0.05, 0) is 99.2 Å². The summed E-state index contributed by atoms with van der Waals surface area (Å²) in [6.07, 6.45) is 8.85. The van der Waals surface area contributed by atoms with Crippen LogP contribution in [0.2, 0.25) is 0 Å². The Hall–Kier alpha value is -5.55. The van der Waals surface area contributed by atoms with Crippen LogP contribution in [-0.2, 0) is 29.1 Å². The molecule has 2 saturated carbocycles. The molecule has 3 fully saturated rings. The van der Waals surface area contributed by atoms with Crippen molar-refractivity contribution in [2.24, 2.45) is 5.92 Å². The van der Waals surface area contributed by atoms with Crippen LogP contribution in [0.5, 0.6) is 11.6 Å². The lowest BCUT2D eigenvalue weighted by Crippen LogP contribution is -2.58. The van der Waals surface area contributed by atoms with Crippen LogP contribution in [0.4, 0.5) is 4.79 Å². The molecule has 0 radical (unpaired) electrons.